The maximum atomic E-state index is 6.11. The third-order valence-corrected chi connectivity index (χ3v) is 2.81. The Hall–Kier alpha value is -1.48. The van der Waals surface area contributed by atoms with E-state index in [9.17, 15) is 0 Å². The average molecular weight is 222 g/mol. The highest BCUT2D eigenvalue weighted by molar-refractivity contribution is 6.33. The van der Waals surface area contributed by atoms with Gasteiger partial charge < -0.3 is 5.73 Å². The summed E-state index contributed by atoms with van der Waals surface area (Å²) in [5, 5.41) is 7.79. The van der Waals surface area contributed by atoms with Crippen LogP contribution in [0.2, 0.25) is 5.02 Å². The Bertz CT molecular complexity index is 503. The van der Waals surface area contributed by atoms with Crippen molar-refractivity contribution in [1.29, 1.82) is 0 Å². The number of rotatable bonds is 1. The lowest BCUT2D eigenvalue weighted by atomic mass is 10.1. The Kier molecular flexibility index (Phi) is 2.40. The molecule has 0 unspecified atom stereocenters. The van der Waals surface area contributed by atoms with Crippen LogP contribution in [0.25, 0.3) is 11.3 Å². The molecule has 0 spiro atoms. The zero-order valence-electron chi connectivity index (χ0n) is 8.63. The van der Waals surface area contributed by atoms with Crippen molar-refractivity contribution < 1.29 is 0 Å². The summed E-state index contributed by atoms with van der Waals surface area (Å²) in [6.07, 6.45) is 0. The molecule has 2 rings (SSSR count). The van der Waals surface area contributed by atoms with Crippen molar-refractivity contribution in [2.24, 2.45) is 0 Å². The van der Waals surface area contributed by atoms with Crippen molar-refractivity contribution >= 4 is 17.3 Å². The molecule has 15 heavy (non-hydrogen) atoms. The Balaban J connectivity index is 2.59. The molecule has 4 heteroatoms. The van der Waals surface area contributed by atoms with E-state index in [0.717, 1.165) is 22.5 Å². The molecule has 0 aliphatic heterocycles. The molecule has 0 aliphatic carbocycles. The highest BCUT2D eigenvalue weighted by Gasteiger charge is 2.11. The molecule has 3 nitrogen and oxygen atoms in total. The van der Waals surface area contributed by atoms with E-state index >= 15 is 0 Å². The third kappa shape index (κ3) is 1.70. The highest BCUT2D eigenvalue weighted by atomic mass is 35.5. The minimum absolute atomic E-state index is 0.629. The van der Waals surface area contributed by atoms with E-state index in [1.165, 1.54) is 0 Å². The fraction of sp³-hybridized carbons (Fsp3) is 0.182. The standard InChI is InChI=1S/C11H12ClN3/c1-6-7(2)14-15-11(6)9-4-3-8(13)5-10(9)12/h3-5H,13H2,1-2H3,(H,14,15). The second kappa shape index (κ2) is 3.59. The van der Waals surface area contributed by atoms with Gasteiger partial charge in [-0.25, -0.2) is 0 Å². The first-order valence-electron chi connectivity index (χ1n) is 4.66. The van der Waals surface area contributed by atoms with E-state index in [0.29, 0.717) is 10.7 Å². The summed E-state index contributed by atoms with van der Waals surface area (Å²) in [5.41, 5.74) is 10.3. The average Bonchev–Trinajstić information content (AvgIpc) is 2.49. The molecule has 0 bridgehead atoms. The first kappa shape index (κ1) is 10.1. The van der Waals surface area contributed by atoms with Crippen LogP contribution < -0.4 is 5.73 Å². The van der Waals surface area contributed by atoms with Gasteiger partial charge in [-0.1, -0.05) is 11.6 Å². The molecule has 0 aliphatic rings. The van der Waals surface area contributed by atoms with Crippen LogP contribution in [0.3, 0.4) is 0 Å². The van der Waals surface area contributed by atoms with Gasteiger partial charge in [0.1, 0.15) is 0 Å². The van der Waals surface area contributed by atoms with Crippen molar-refractivity contribution in [1.82, 2.24) is 10.2 Å². The summed E-state index contributed by atoms with van der Waals surface area (Å²) in [5.74, 6) is 0. The van der Waals surface area contributed by atoms with Gasteiger partial charge >= 0.3 is 0 Å². The van der Waals surface area contributed by atoms with Crippen LogP contribution in [-0.2, 0) is 0 Å². The number of aromatic amines is 1. The van der Waals surface area contributed by atoms with Gasteiger partial charge in [-0.05, 0) is 37.6 Å². The van der Waals surface area contributed by atoms with Gasteiger partial charge in [-0.15, -0.1) is 0 Å². The lowest BCUT2D eigenvalue weighted by Crippen LogP contribution is -1.87. The monoisotopic (exact) mass is 221 g/mol. The first-order valence-corrected chi connectivity index (χ1v) is 5.04. The van der Waals surface area contributed by atoms with Gasteiger partial charge in [0, 0.05) is 16.9 Å². The molecule has 1 aromatic heterocycles. The fourth-order valence-electron chi connectivity index (χ4n) is 1.47. The lowest BCUT2D eigenvalue weighted by molar-refractivity contribution is 1.05. The van der Waals surface area contributed by atoms with Crippen LogP contribution in [0.5, 0.6) is 0 Å². The lowest BCUT2D eigenvalue weighted by Gasteiger charge is -2.03. The summed E-state index contributed by atoms with van der Waals surface area (Å²) in [6.45, 7) is 4.00. The zero-order valence-corrected chi connectivity index (χ0v) is 9.39. The van der Waals surface area contributed by atoms with Gasteiger partial charge in [0.25, 0.3) is 0 Å². The molecule has 78 valence electrons. The number of benzene rings is 1. The molecule has 0 saturated carbocycles. The van der Waals surface area contributed by atoms with Crippen LogP contribution >= 0.6 is 11.6 Å². The van der Waals surface area contributed by atoms with Gasteiger partial charge in [0.05, 0.1) is 10.7 Å². The zero-order chi connectivity index (χ0) is 11.0. The summed E-state index contributed by atoms with van der Waals surface area (Å²) in [6, 6.07) is 5.45. The predicted octanol–water partition coefficient (Wildman–Crippen LogP) is 2.93. The Morgan fingerprint density at radius 2 is 2.07 bits per heavy atom. The van der Waals surface area contributed by atoms with E-state index in [1.54, 1.807) is 6.07 Å². The van der Waals surface area contributed by atoms with Gasteiger partial charge in [0.15, 0.2) is 0 Å². The van der Waals surface area contributed by atoms with E-state index in [1.807, 2.05) is 26.0 Å². The van der Waals surface area contributed by atoms with Crippen LogP contribution in [0, 0.1) is 13.8 Å². The Morgan fingerprint density at radius 1 is 1.33 bits per heavy atom. The number of hydrogen-bond acceptors (Lipinski definition) is 2. The maximum absolute atomic E-state index is 6.11. The number of H-pyrrole nitrogens is 1. The van der Waals surface area contributed by atoms with Crippen LogP contribution in [0.15, 0.2) is 18.2 Å². The smallest absolute Gasteiger partial charge is 0.0967 e. The van der Waals surface area contributed by atoms with Crippen molar-refractivity contribution in [2.45, 2.75) is 13.8 Å². The number of hydrogen-bond donors (Lipinski definition) is 2. The molecular weight excluding hydrogens is 210 g/mol. The summed E-state index contributed by atoms with van der Waals surface area (Å²) in [7, 11) is 0. The van der Waals surface area contributed by atoms with Crippen molar-refractivity contribution in [3.8, 4) is 11.3 Å². The summed E-state index contributed by atoms with van der Waals surface area (Å²) >= 11 is 6.11. The third-order valence-electron chi connectivity index (χ3n) is 2.50. The normalized spacial score (nSPS) is 10.6. The maximum Gasteiger partial charge on any atom is 0.0967 e. The van der Waals surface area contributed by atoms with Gasteiger partial charge in [0.2, 0.25) is 0 Å². The molecule has 0 fully saturated rings. The number of aryl methyl sites for hydroxylation is 1. The van der Waals surface area contributed by atoms with E-state index < -0.39 is 0 Å². The number of anilines is 1. The first-order chi connectivity index (χ1) is 7.09. The number of aromatic nitrogens is 2. The molecule has 0 saturated heterocycles. The van der Waals surface area contributed by atoms with Crippen molar-refractivity contribution in [3.63, 3.8) is 0 Å². The topological polar surface area (TPSA) is 54.7 Å². The highest BCUT2D eigenvalue weighted by Crippen LogP contribution is 2.30. The molecule has 1 aromatic carbocycles. The molecular formula is C11H12ClN3. The molecule has 1 heterocycles. The van der Waals surface area contributed by atoms with Gasteiger partial charge in [-0.2, -0.15) is 5.10 Å². The number of nitrogens with zero attached hydrogens (tertiary/aromatic N) is 1. The molecule has 0 atom stereocenters. The fourth-order valence-corrected chi connectivity index (χ4v) is 1.75. The second-order valence-corrected chi connectivity index (χ2v) is 3.97. The number of halogens is 1. The van der Waals surface area contributed by atoms with E-state index in [-0.39, 0.29) is 0 Å². The largest absolute Gasteiger partial charge is 0.399 e. The number of nitrogen functional groups attached to an aromatic ring is 1. The van der Waals surface area contributed by atoms with Crippen LogP contribution in [0.1, 0.15) is 11.3 Å². The SMILES string of the molecule is Cc1[nH]nc(-c2ccc(N)cc2Cl)c1C. The van der Waals surface area contributed by atoms with Crippen LogP contribution in [-0.4, -0.2) is 10.2 Å². The quantitative estimate of drug-likeness (QED) is 0.728. The van der Waals surface area contributed by atoms with E-state index in [4.69, 9.17) is 17.3 Å². The molecule has 2 aromatic rings. The molecule has 0 amide bonds. The van der Waals surface area contributed by atoms with E-state index in [2.05, 4.69) is 10.2 Å². The van der Waals surface area contributed by atoms with Crippen LogP contribution in [0.4, 0.5) is 5.69 Å². The second-order valence-electron chi connectivity index (χ2n) is 3.56. The molecule has 0 radical (unpaired) electrons. The predicted molar refractivity (Wildman–Crippen MR) is 62.9 cm³/mol. The Labute approximate surface area is 93.3 Å². The summed E-state index contributed by atoms with van der Waals surface area (Å²) < 4.78 is 0. The number of nitrogens with two attached hydrogens (primary N) is 1. The van der Waals surface area contributed by atoms with Crippen molar-refractivity contribution in [2.75, 3.05) is 5.73 Å². The van der Waals surface area contributed by atoms with Crippen molar-refractivity contribution in [3.05, 3.63) is 34.5 Å². The van der Waals surface area contributed by atoms with Gasteiger partial charge in [-0.3, -0.25) is 5.10 Å². The molecule has 3 N–H and O–H groups in total. The minimum atomic E-state index is 0.629. The summed E-state index contributed by atoms with van der Waals surface area (Å²) in [4.78, 5) is 0. The number of nitrogens with one attached hydrogen (secondary N) is 1. The Morgan fingerprint density at radius 3 is 2.60 bits per heavy atom. The minimum Gasteiger partial charge on any atom is -0.399 e.